The summed E-state index contributed by atoms with van der Waals surface area (Å²) in [5, 5.41) is 2.99. The molecule has 9 heteroatoms. The van der Waals surface area contributed by atoms with Gasteiger partial charge in [-0.05, 0) is 68.9 Å². The Balaban J connectivity index is 2.57. The first-order chi connectivity index (χ1) is 17.3. The molecule has 0 heterocycles. The lowest BCUT2D eigenvalue weighted by Gasteiger charge is -2.35. The Morgan fingerprint density at radius 3 is 2.16 bits per heavy atom. The van der Waals surface area contributed by atoms with E-state index in [4.69, 9.17) is 0 Å². The van der Waals surface area contributed by atoms with Crippen molar-refractivity contribution < 1.29 is 18.0 Å². The van der Waals surface area contributed by atoms with Crippen molar-refractivity contribution in [2.75, 3.05) is 24.9 Å². The summed E-state index contributed by atoms with van der Waals surface area (Å²) in [5.74, 6) is -0.687. The lowest BCUT2D eigenvalue weighted by molar-refractivity contribution is -0.140. The Morgan fingerprint density at radius 2 is 1.59 bits per heavy atom. The fourth-order valence-corrected chi connectivity index (χ4v) is 5.13. The first-order valence-electron chi connectivity index (χ1n) is 12.7. The normalized spacial score (nSPS) is 13.2. The average Bonchev–Trinajstić information content (AvgIpc) is 2.84. The van der Waals surface area contributed by atoms with Crippen LogP contribution in [0.4, 0.5) is 5.69 Å². The molecule has 2 aromatic carbocycles. The summed E-state index contributed by atoms with van der Waals surface area (Å²) in [4.78, 5) is 28.8. The van der Waals surface area contributed by atoms with Gasteiger partial charge >= 0.3 is 10.2 Å². The molecule has 2 amide bonds. The molecule has 204 valence electrons. The number of hydrogen-bond acceptors (Lipinski definition) is 4. The van der Waals surface area contributed by atoms with Crippen LogP contribution in [0.5, 0.6) is 0 Å². The Bertz CT molecular complexity index is 1200. The van der Waals surface area contributed by atoms with Gasteiger partial charge in [-0.3, -0.25) is 9.59 Å². The highest BCUT2D eigenvalue weighted by molar-refractivity contribution is 7.90. The van der Waals surface area contributed by atoms with Crippen LogP contribution in [0.1, 0.15) is 55.9 Å². The van der Waals surface area contributed by atoms with Crippen LogP contribution in [0, 0.1) is 20.8 Å². The van der Waals surface area contributed by atoms with Gasteiger partial charge in [0.2, 0.25) is 11.8 Å². The minimum atomic E-state index is -4.00. The third-order valence-corrected chi connectivity index (χ3v) is 8.45. The van der Waals surface area contributed by atoms with Gasteiger partial charge < -0.3 is 10.2 Å². The van der Waals surface area contributed by atoms with Crippen molar-refractivity contribution in [3.63, 3.8) is 0 Å². The summed E-state index contributed by atoms with van der Waals surface area (Å²) in [6, 6.07) is 12.4. The average molecular weight is 531 g/mol. The number of aryl methyl sites for hydroxylation is 3. The van der Waals surface area contributed by atoms with E-state index in [2.05, 4.69) is 5.32 Å². The zero-order valence-electron chi connectivity index (χ0n) is 23.4. The fourth-order valence-electron chi connectivity index (χ4n) is 4.02. The third kappa shape index (κ3) is 7.55. The number of nitrogens with one attached hydrogen (secondary N) is 1. The first kappa shape index (κ1) is 30.3. The van der Waals surface area contributed by atoms with Gasteiger partial charge in [-0.25, -0.2) is 4.31 Å². The summed E-state index contributed by atoms with van der Waals surface area (Å²) in [6.45, 7) is 11.2. The van der Waals surface area contributed by atoms with E-state index < -0.39 is 28.7 Å². The minimum Gasteiger partial charge on any atom is -0.352 e. The zero-order valence-corrected chi connectivity index (χ0v) is 24.2. The summed E-state index contributed by atoms with van der Waals surface area (Å²) in [6.07, 6.45) is 1.15. The van der Waals surface area contributed by atoms with Crippen molar-refractivity contribution in [3.05, 3.63) is 64.7 Å². The van der Waals surface area contributed by atoms with Crippen molar-refractivity contribution in [2.24, 2.45) is 0 Å². The van der Waals surface area contributed by atoms with Crippen LogP contribution >= 0.6 is 0 Å². The van der Waals surface area contributed by atoms with E-state index in [1.54, 1.807) is 6.07 Å². The van der Waals surface area contributed by atoms with E-state index in [0.717, 1.165) is 37.3 Å². The number of nitrogens with zero attached hydrogens (tertiary/aromatic N) is 3. The van der Waals surface area contributed by atoms with E-state index in [1.165, 1.54) is 19.0 Å². The second-order valence-electron chi connectivity index (χ2n) is 9.78. The molecule has 2 rings (SSSR count). The first-order valence-corrected chi connectivity index (χ1v) is 14.1. The van der Waals surface area contributed by atoms with Crippen molar-refractivity contribution >= 4 is 27.7 Å². The highest BCUT2D eigenvalue weighted by atomic mass is 32.2. The summed E-state index contributed by atoms with van der Waals surface area (Å²) in [5.41, 5.74) is 3.94. The molecule has 0 spiro atoms. The van der Waals surface area contributed by atoms with Crippen molar-refractivity contribution in [1.82, 2.24) is 14.5 Å². The molecular weight excluding hydrogens is 488 g/mol. The van der Waals surface area contributed by atoms with Crippen molar-refractivity contribution in [1.29, 1.82) is 0 Å². The number of carbonyl (C=O) groups is 2. The van der Waals surface area contributed by atoms with Crippen LogP contribution in [0.15, 0.2) is 42.5 Å². The lowest BCUT2D eigenvalue weighted by Crippen LogP contribution is -2.54. The second-order valence-corrected chi connectivity index (χ2v) is 11.8. The monoisotopic (exact) mass is 530 g/mol. The second kappa shape index (κ2) is 13.1. The molecule has 0 fully saturated rings. The van der Waals surface area contributed by atoms with Gasteiger partial charge in [0.05, 0.1) is 5.69 Å². The quantitative estimate of drug-likeness (QED) is 0.450. The molecule has 0 aromatic heterocycles. The molecule has 0 saturated carbocycles. The standard InChI is InChI=1S/C28H42N4O4S/c1-9-23(6)29-28(34)25(10-2)31(18-24-14-12-11-13-21(24)4)27(33)19-32(37(35,36)30(7)8)26-17-20(3)15-16-22(26)5/h11-17,23,25H,9-10,18-19H2,1-8H3,(H,29,34). The van der Waals surface area contributed by atoms with Crippen molar-refractivity contribution in [3.8, 4) is 0 Å². The van der Waals surface area contributed by atoms with Gasteiger partial charge in [-0.1, -0.05) is 50.2 Å². The zero-order chi connectivity index (χ0) is 27.9. The molecule has 0 radical (unpaired) electrons. The molecular formula is C28H42N4O4S. The Labute approximate surface area is 222 Å². The Morgan fingerprint density at radius 1 is 0.946 bits per heavy atom. The highest BCUT2D eigenvalue weighted by Gasteiger charge is 2.34. The molecule has 0 aliphatic heterocycles. The maximum Gasteiger partial charge on any atom is 0.304 e. The predicted octanol–water partition coefficient (Wildman–Crippen LogP) is 3.95. The van der Waals surface area contributed by atoms with Crippen LogP contribution in [-0.4, -0.2) is 62.2 Å². The van der Waals surface area contributed by atoms with Gasteiger partial charge in [-0.15, -0.1) is 0 Å². The Kier molecular flexibility index (Phi) is 10.7. The van der Waals surface area contributed by atoms with Gasteiger partial charge in [0.25, 0.3) is 0 Å². The number of hydrogen-bond donors (Lipinski definition) is 1. The Hall–Kier alpha value is -2.91. The van der Waals surface area contributed by atoms with Crippen LogP contribution in [-0.2, 0) is 26.3 Å². The molecule has 2 unspecified atom stereocenters. The van der Waals surface area contributed by atoms with Gasteiger partial charge in [0, 0.05) is 26.7 Å². The van der Waals surface area contributed by atoms with Crippen LogP contribution in [0.25, 0.3) is 0 Å². The number of anilines is 1. The molecule has 0 bridgehead atoms. The molecule has 0 aliphatic carbocycles. The molecule has 2 atom stereocenters. The van der Waals surface area contributed by atoms with Gasteiger partial charge in [0.15, 0.2) is 0 Å². The molecule has 37 heavy (non-hydrogen) atoms. The van der Waals surface area contributed by atoms with E-state index in [-0.39, 0.29) is 18.5 Å². The summed E-state index contributed by atoms with van der Waals surface area (Å²) in [7, 11) is -1.11. The van der Waals surface area contributed by atoms with Crippen molar-refractivity contribution in [2.45, 2.75) is 73.0 Å². The SMILES string of the molecule is CCC(C)NC(=O)C(CC)N(Cc1ccccc1C)C(=O)CN(c1cc(C)ccc1C)S(=O)(=O)N(C)C. The topological polar surface area (TPSA) is 90.0 Å². The van der Waals surface area contributed by atoms with Crippen LogP contribution < -0.4 is 9.62 Å². The van der Waals surface area contributed by atoms with E-state index in [1.807, 2.05) is 77.9 Å². The highest BCUT2D eigenvalue weighted by Crippen LogP contribution is 2.26. The van der Waals surface area contributed by atoms with E-state index >= 15 is 0 Å². The lowest BCUT2D eigenvalue weighted by atomic mass is 10.1. The largest absolute Gasteiger partial charge is 0.352 e. The number of amides is 2. The number of benzene rings is 2. The predicted molar refractivity (Wildman–Crippen MR) is 150 cm³/mol. The molecule has 8 nitrogen and oxygen atoms in total. The maximum absolute atomic E-state index is 14.0. The maximum atomic E-state index is 14.0. The summed E-state index contributed by atoms with van der Waals surface area (Å²) < 4.78 is 29.1. The molecule has 0 aliphatic rings. The van der Waals surface area contributed by atoms with Crippen LogP contribution in [0.3, 0.4) is 0 Å². The minimum absolute atomic E-state index is 0.0440. The fraction of sp³-hybridized carbons (Fsp3) is 0.500. The summed E-state index contributed by atoms with van der Waals surface area (Å²) >= 11 is 0. The molecule has 1 N–H and O–H groups in total. The number of carbonyl (C=O) groups excluding carboxylic acids is 2. The van der Waals surface area contributed by atoms with E-state index in [9.17, 15) is 18.0 Å². The van der Waals surface area contributed by atoms with E-state index in [0.29, 0.717) is 12.1 Å². The van der Waals surface area contributed by atoms with Gasteiger partial charge in [-0.2, -0.15) is 12.7 Å². The smallest absolute Gasteiger partial charge is 0.304 e. The number of rotatable bonds is 12. The molecule has 0 saturated heterocycles. The van der Waals surface area contributed by atoms with Crippen LogP contribution in [0.2, 0.25) is 0 Å². The molecule has 2 aromatic rings. The third-order valence-electron chi connectivity index (χ3n) is 6.64. The van der Waals surface area contributed by atoms with Gasteiger partial charge in [0.1, 0.15) is 12.6 Å².